The Morgan fingerprint density at radius 2 is 2.04 bits per heavy atom. The molecule has 1 aliphatic rings. The molecule has 23 heavy (non-hydrogen) atoms. The number of hydrogen-bond donors (Lipinski definition) is 0. The van der Waals surface area contributed by atoms with Crippen molar-refractivity contribution in [3.05, 3.63) is 47.1 Å². The fourth-order valence-corrected chi connectivity index (χ4v) is 2.89. The van der Waals surface area contributed by atoms with Crippen molar-refractivity contribution in [3.8, 4) is 11.5 Å². The first-order valence-corrected chi connectivity index (χ1v) is 8.74. The van der Waals surface area contributed by atoms with Gasteiger partial charge in [0.25, 0.3) is 0 Å². The van der Waals surface area contributed by atoms with Gasteiger partial charge in [-0.2, -0.15) is 0 Å². The molecule has 1 aliphatic heterocycles. The van der Waals surface area contributed by atoms with Crippen LogP contribution in [0.1, 0.15) is 52.5 Å². The van der Waals surface area contributed by atoms with Gasteiger partial charge in [0.1, 0.15) is 18.1 Å². The summed E-state index contributed by atoms with van der Waals surface area (Å²) in [4.78, 5) is 0. The third-order valence-corrected chi connectivity index (χ3v) is 4.11. The van der Waals surface area contributed by atoms with Gasteiger partial charge in [-0.15, -0.1) is 0 Å². The van der Waals surface area contributed by atoms with E-state index in [0.717, 1.165) is 43.3 Å². The van der Waals surface area contributed by atoms with E-state index in [9.17, 15) is 0 Å². The molecule has 2 rings (SSSR count). The van der Waals surface area contributed by atoms with Gasteiger partial charge in [-0.05, 0) is 56.7 Å². The molecule has 1 aromatic rings. The minimum absolute atomic E-state index is 0.624. The zero-order valence-electron chi connectivity index (χ0n) is 15.0. The van der Waals surface area contributed by atoms with Crippen LogP contribution in [0.15, 0.2) is 41.5 Å². The van der Waals surface area contributed by atoms with Crippen LogP contribution < -0.4 is 9.47 Å². The molecule has 0 aromatic heterocycles. The second-order valence-electron chi connectivity index (χ2n) is 6.92. The molecule has 0 saturated heterocycles. The van der Waals surface area contributed by atoms with Crippen molar-refractivity contribution in [1.82, 2.24) is 0 Å². The van der Waals surface area contributed by atoms with Gasteiger partial charge in [-0.25, -0.2) is 0 Å². The van der Waals surface area contributed by atoms with E-state index in [-0.39, 0.29) is 0 Å². The minimum Gasteiger partial charge on any atom is -0.493 e. The zero-order chi connectivity index (χ0) is 16.7. The molecule has 0 atom stereocenters. The van der Waals surface area contributed by atoms with E-state index in [2.05, 4.69) is 45.9 Å². The first kappa shape index (κ1) is 17.7. The first-order chi connectivity index (χ1) is 11.0. The summed E-state index contributed by atoms with van der Waals surface area (Å²) >= 11 is 0. The topological polar surface area (TPSA) is 18.5 Å². The van der Waals surface area contributed by atoms with Gasteiger partial charge in [0, 0.05) is 12.5 Å². The van der Waals surface area contributed by atoms with Gasteiger partial charge >= 0.3 is 0 Å². The van der Waals surface area contributed by atoms with E-state index in [1.54, 1.807) is 0 Å². The Labute approximate surface area is 141 Å². The van der Waals surface area contributed by atoms with Crippen molar-refractivity contribution in [2.45, 2.75) is 53.4 Å². The fraction of sp³-hybridized carbons (Fsp3) is 0.524. The SMILES string of the molecule is C/C(=C\COc1ccc2c(c1)OCC2)CC/C=C(\C)CC(C)C. The molecule has 0 spiro atoms. The van der Waals surface area contributed by atoms with Crippen molar-refractivity contribution in [2.24, 2.45) is 5.92 Å². The highest BCUT2D eigenvalue weighted by Crippen LogP contribution is 2.29. The van der Waals surface area contributed by atoms with Gasteiger partial charge in [0.2, 0.25) is 0 Å². The molecular formula is C21H30O2. The molecule has 1 aromatic carbocycles. The highest BCUT2D eigenvalue weighted by Gasteiger charge is 2.12. The Bertz CT molecular complexity index is 567. The highest BCUT2D eigenvalue weighted by atomic mass is 16.5. The van der Waals surface area contributed by atoms with Crippen LogP contribution in [0.2, 0.25) is 0 Å². The molecule has 0 bridgehead atoms. The van der Waals surface area contributed by atoms with Crippen LogP contribution in [0.3, 0.4) is 0 Å². The van der Waals surface area contributed by atoms with Crippen LogP contribution in [0, 0.1) is 5.92 Å². The minimum atomic E-state index is 0.624. The lowest BCUT2D eigenvalue weighted by Gasteiger charge is -2.07. The summed E-state index contributed by atoms with van der Waals surface area (Å²) in [5, 5.41) is 0. The maximum absolute atomic E-state index is 5.81. The molecule has 0 radical (unpaired) electrons. The van der Waals surface area contributed by atoms with E-state index in [4.69, 9.17) is 9.47 Å². The molecule has 0 unspecified atom stereocenters. The summed E-state index contributed by atoms with van der Waals surface area (Å²) < 4.78 is 11.4. The average molecular weight is 314 g/mol. The summed E-state index contributed by atoms with van der Waals surface area (Å²) in [7, 11) is 0. The van der Waals surface area contributed by atoms with Crippen molar-refractivity contribution >= 4 is 0 Å². The Morgan fingerprint density at radius 3 is 2.83 bits per heavy atom. The molecular weight excluding hydrogens is 284 g/mol. The lowest BCUT2D eigenvalue weighted by Crippen LogP contribution is -1.95. The molecule has 2 nitrogen and oxygen atoms in total. The molecule has 2 heteroatoms. The summed E-state index contributed by atoms with van der Waals surface area (Å²) in [6.45, 7) is 10.4. The predicted octanol–water partition coefficient (Wildman–Crippen LogP) is 5.72. The Morgan fingerprint density at radius 1 is 1.22 bits per heavy atom. The maximum atomic E-state index is 5.81. The first-order valence-electron chi connectivity index (χ1n) is 8.74. The number of benzene rings is 1. The van der Waals surface area contributed by atoms with Gasteiger partial charge in [-0.1, -0.05) is 37.1 Å². The van der Waals surface area contributed by atoms with Crippen molar-refractivity contribution in [2.75, 3.05) is 13.2 Å². The van der Waals surface area contributed by atoms with E-state index in [1.165, 1.54) is 23.1 Å². The molecule has 0 amide bonds. The zero-order valence-corrected chi connectivity index (χ0v) is 15.0. The predicted molar refractivity (Wildman–Crippen MR) is 97.3 cm³/mol. The van der Waals surface area contributed by atoms with Crippen molar-refractivity contribution in [1.29, 1.82) is 0 Å². The summed E-state index contributed by atoms with van der Waals surface area (Å²) in [5.74, 6) is 2.61. The normalized spacial score (nSPS) is 14.8. The summed E-state index contributed by atoms with van der Waals surface area (Å²) in [6, 6.07) is 6.15. The van der Waals surface area contributed by atoms with E-state index in [1.807, 2.05) is 12.1 Å². The molecule has 1 heterocycles. The summed E-state index contributed by atoms with van der Waals surface area (Å²) in [5.41, 5.74) is 4.17. The van der Waals surface area contributed by atoms with Crippen LogP contribution in [-0.4, -0.2) is 13.2 Å². The largest absolute Gasteiger partial charge is 0.493 e. The molecule has 0 fully saturated rings. The van der Waals surface area contributed by atoms with Crippen LogP contribution in [0.25, 0.3) is 0 Å². The fourth-order valence-electron chi connectivity index (χ4n) is 2.89. The molecule has 0 saturated carbocycles. The van der Waals surface area contributed by atoms with Gasteiger partial charge in [-0.3, -0.25) is 0 Å². The summed E-state index contributed by atoms with van der Waals surface area (Å²) in [6.07, 6.45) is 8.99. The quantitative estimate of drug-likeness (QED) is 0.571. The van der Waals surface area contributed by atoms with E-state index < -0.39 is 0 Å². The second-order valence-corrected chi connectivity index (χ2v) is 6.92. The van der Waals surface area contributed by atoms with Crippen LogP contribution in [0.5, 0.6) is 11.5 Å². The van der Waals surface area contributed by atoms with Crippen LogP contribution in [-0.2, 0) is 6.42 Å². The van der Waals surface area contributed by atoms with Crippen molar-refractivity contribution in [3.63, 3.8) is 0 Å². The van der Waals surface area contributed by atoms with Crippen LogP contribution in [0.4, 0.5) is 0 Å². The number of allylic oxidation sites excluding steroid dienone is 3. The molecule has 0 aliphatic carbocycles. The smallest absolute Gasteiger partial charge is 0.126 e. The van der Waals surface area contributed by atoms with Gasteiger partial charge in [0.05, 0.1) is 6.61 Å². The molecule has 0 N–H and O–H groups in total. The Kier molecular flexibility index (Phi) is 6.76. The molecule has 126 valence electrons. The lowest BCUT2D eigenvalue weighted by molar-refractivity contribution is 0.343. The second kappa shape index (κ2) is 8.81. The third kappa shape index (κ3) is 6.13. The Balaban J connectivity index is 1.72. The number of rotatable bonds is 8. The van der Waals surface area contributed by atoms with Crippen molar-refractivity contribution < 1.29 is 9.47 Å². The standard InChI is InChI=1S/C21H30O2/c1-16(2)14-18(4)7-5-6-17(3)10-12-22-20-9-8-19-11-13-23-21(19)15-20/h7-10,15-16H,5-6,11-14H2,1-4H3/b17-10+,18-7+. The monoisotopic (exact) mass is 314 g/mol. The maximum Gasteiger partial charge on any atom is 0.126 e. The average Bonchev–Trinajstić information content (AvgIpc) is 2.94. The van der Waals surface area contributed by atoms with Crippen LogP contribution >= 0.6 is 0 Å². The number of ether oxygens (including phenoxy) is 2. The lowest BCUT2D eigenvalue weighted by atomic mass is 10.0. The van der Waals surface area contributed by atoms with E-state index >= 15 is 0 Å². The van der Waals surface area contributed by atoms with Gasteiger partial charge < -0.3 is 9.47 Å². The Hall–Kier alpha value is -1.70. The van der Waals surface area contributed by atoms with Gasteiger partial charge in [0.15, 0.2) is 0 Å². The number of hydrogen-bond acceptors (Lipinski definition) is 2. The third-order valence-electron chi connectivity index (χ3n) is 4.11. The number of fused-ring (bicyclic) bond motifs is 1. The van der Waals surface area contributed by atoms with E-state index in [0.29, 0.717) is 6.61 Å². The highest BCUT2D eigenvalue weighted by molar-refractivity contribution is 5.42.